The summed E-state index contributed by atoms with van der Waals surface area (Å²) in [4.78, 5) is 16.6. The van der Waals surface area contributed by atoms with Gasteiger partial charge in [-0.3, -0.25) is 9.69 Å². The summed E-state index contributed by atoms with van der Waals surface area (Å²) in [6.45, 7) is 2.68. The maximum atomic E-state index is 12.3. The molecule has 0 spiro atoms. The van der Waals surface area contributed by atoms with Crippen LogP contribution in [0.5, 0.6) is 0 Å². The van der Waals surface area contributed by atoms with Crippen molar-refractivity contribution in [3.63, 3.8) is 0 Å². The Morgan fingerprint density at radius 1 is 1.42 bits per heavy atom. The molecule has 0 saturated carbocycles. The molecule has 3 aliphatic rings. The maximum Gasteiger partial charge on any atom is 0.240 e. The van der Waals surface area contributed by atoms with Gasteiger partial charge in [-0.1, -0.05) is 6.08 Å². The molecule has 106 valence electrons. The van der Waals surface area contributed by atoms with Crippen LogP contribution in [0.1, 0.15) is 38.5 Å². The van der Waals surface area contributed by atoms with Crippen LogP contribution in [0.4, 0.5) is 0 Å². The summed E-state index contributed by atoms with van der Waals surface area (Å²) in [5.74, 6) is 0.255. The quantitative estimate of drug-likeness (QED) is 0.834. The Bertz CT molecular complexity index is 380. The number of hydrogen-bond acceptors (Lipinski definition) is 3. The number of carbonyl (C=O) groups is 1. The number of allylic oxidation sites excluding steroid dienone is 2. The number of likely N-dealkylation sites (tertiary alicyclic amines) is 1. The van der Waals surface area contributed by atoms with Crippen LogP contribution >= 0.6 is 0 Å². The average Bonchev–Trinajstić information content (AvgIpc) is 3.01. The van der Waals surface area contributed by atoms with E-state index in [2.05, 4.69) is 16.3 Å². The van der Waals surface area contributed by atoms with E-state index in [0.717, 1.165) is 25.9 Å². The third kappa shape index (κ3) is 3.00. The van der Waals surface area contributed by atoms with E-state index in [9.17, 15) is 4.79 Å². The molecular weight excluding hydrogens is 238 g/mol. The fourth-order valence-electron chi connectivity index (χ4n) is 3.58. The smallest absolute Gasteiger partial charge is 0.240 e. The molecule has 2 fully saturated rings. The van der Waals surface area contributed by atoms with E-state index in [1.807, 2.05) is 11.9 Å². The average molecular weight is 263 g/mol. The standard InChI is InChI=1S/C15H25N3O/c1-17(14-4-2-3-5-14)15(19)11-18-9-8-12-6-7-13(10-18)16-12/h4,12-13,16H,2-3,5-11H2,1H3. The maximum absolute atomic E-state index is 12.3. The highest BCUT2D eigenvalue weighted by Gasteiger charge is 2.30. The fraction of sp³-hybridized carbons (Fsp3) is 0.800. The molecule has 2 heterocycles. The molecule has 2 atom stereocenters. The van der Waals surface area contributed by atoms with Crippen molar-refractivity contribution in [2.45, 2.75) is 50.6 Å². The van der Waals surface area contributed by atoms with Gasteiger partial charge in [0.2, 0.25) is 5.91 Å². The molecule has 2 aliphatic heterocycles. The molecule has 19 heavy (non-hydrogen) atoms. The Balaban J connectivity index is 1.54. The van der Waals surface area contributed by atoms with Crippen LogP contribution in [0.15, 0.2) is 11.8 Å². The van der Waals surface area contributed by atoms with Crippen molar-refractivity contribution in [3.8, 4) is 0 Å². The molecule has 0 aromatic carbocycles. The minimum Gasteiger partial charge on any atom is -0.318 e. The van der Waals surface area contributed by atoms with Crippen LogP contribution in [0.25, 0.3) is 0 Å². The Hall–Kier alpha value is -0.870. The normalized spacial score (nSPS) is 31.1. The molecule has 2 unspecified atom stereocenters. The number of amides is 1. The van der Waals surface area contributed by atoms with Gasteiger partial charge in [-0.15, -0.1) is 0 Å². The van der Waals surface area contributed by atoms with Gasteiger partial charge in [-0.2, -0.15) is 0 Å². The number of carbonyl (C=O) groups excluding carboxylic acids is 1. The summed E-state index contributed by atoms with van der Waals surface area (Å²) in [6.07, 6.45) is 9.39. The van der Waals surface area contributed by atoms with Crippen LogP contribution in [0.3, 0.4) is 0 Å². The molecule has 1 amide bonds. The van der Waals surface area contributed by atoms with Crippen LogP contribution in [0.2, 0.25) is 0 Å². The Labute approximate surface area is 115 Å². The topological polar surface area (TPSA) is 35.6 Å². The third-order valence-electron chi connectivity index (χ3n) is 4.79. The van der Waals surface area contributed by atoms with Crippen molar-refractivity contribution in [2.75, 3.05) is 26.7 Å². The predicted molar refractivity (Wildman–Crippen MR) is 75.7 cm³/mol. The summed E-state index contributed by atoms with van der Waals surface area (Å²) in [7, 11) is 1.93. The largest absolute Gasteiger partial charge is 0.318 e. The molecule has 4 heteroatoms. The van der Waals surface area contributed by atoms with Crippen molar-refractivity contribution in [3.05, 3.63) is 11.8 Å². The van der Waals surface area contributed by atoms with Crippen molar-refractivity contribution in [1.82, 2.24) is 15.1 Å². The van der Waals surface area contributed by atoms with Crippen LogP contribution in [-0.2, 0) is 4.79 Å². The predicted octanol–water partition coefficient (Wildman–Crippen LogP) is 1.34. The van der Waals surface area contributed by atoms with Crippen molar-refractivity contribution in [2.24, 2.45) is 0 Å². The van der Waals surface area contributed by atoms with Gasteiger partial charge in [0, 0.05) is 37.9 Å². The van der Waals surface area contributed by atoms with Gasteiger partial charge in [0.15, 0.2) is 0 Å². The van der Waals surface area contributed by atoms with Crippen molar-refractivity contribution < 1.29 is 4.79 Å². The van der Waals surface area contributed by atoms with Gasteiger partial charge < -0.3 is 10.2 Å². The molecule has 4 nitrogen and oxygen atoms in total. The lowest BCUT2D eigenvalue weighted by atomic mass is 10.1. The molecule has 0 radical (unpaired) electrons. The van der Waals surface area contributed by atoms with Gasteiger partial charge in [-0.05, 0) is 38.5 Å². The monoisotopic (exact) mass is 263 g/mol. The molecule has 2 bridgehead atoms. The molecule has 0 aromatic rings. The number of fused-ring (bicyclic) bond motifs is 2. The van der Waals surface area contributed by atoms with Gasteiger partial charge in [-0.25, -0.2) is 0 Å². The summed E-state index contributed by atoms with van der Waals surface area (Å²) < 4.78 is 0. The molecule has 1 aliphatic carbocycles. The van der Waals surface area contributed by atoms with E-state index in [4.69, 9.17) is 0 Å². The number of likely N-dealkylation sites (N-methyl/N-ethyl adjacent to an activating group) is 1. The molecule has 2 saturated heterocycles. The molecular formula is C15H25N3O. The highest BCUT2D eigenvalue weighted by molar-refractivity contribution is 5.79. The molecule has 1 N–H and O–H groups in total. The second kappa shape index (κ2) is 5.63. The minimum atomic E-state index is 0.255. The van der Waals surface area contributed by atoms with E-state index in [-0.39, 0.29) is 5.91 Å². The number of nitrogens with zero attached hydrogens (tertiary/aromatic N) is 2. The van der Waals surface area contributed by atoms with Gasteiger partial charge in [0.25, 0.3) is 0 Å². The highest BCUT2D eigenvalue weighted by Crippen LogP contribution is 2.22. The van der Waals surface area contributed by atoms with E-state index in [1.165, 1.54) is 31.4 Å². The summed E-state index contributed by atoms with van der Waals surface area (Å²) in [6, 6.07) is 1.30. The van der Waals surface area contributed by atoms with Gasteiger partial charge >= 0.3 is 0 Å². The Morgan fingerprint density at radius 3 is 3.05 bits per heavy atom. The van der Waals surface area contributed by atoms with E-state index in [1.54, 1.807) is 0 Å². The fourth-order valence-corrected chi connectivity index (χ4v) is 3.58. The Morgan fingerprint density at radius 2 is 2.26 bits per heavy atom. The number of hydrogen-bond donors (Lipinski definition) is 1. The minimum absolute atomic E-state index is 0.255. The number of rotatable bonds is 3. The van der Waals surface area contributed by atoms with Crippen molar-refractivity contribution in [1.29, 1.82) is 0 Å². The summed E-state index contributed by atoms with van der Waals surface area (Å²) in [5.41, 5.74) is 1.22. The molecule has 0 aromatic heterocycles. The number of nitrogens with one attached hydrogen (secondary N) is 1. The lowest BCUT2D eigenvalue weighted by Gasteiger charge is -2.26. The first-order chi connectivity index (χ1) is 9.22. The van der Waals surface area contributed by atoms with Gasteiger partial charge in [0.05, 0.1) is 6.54 Å². The third-order valence-corrected chi connectivity index (χ3v) is 4.79. The lowest BCUT2D eigenvalue weighted by molar-refractivity contribution is -0.129. The Kier molecular flexibility index (Phi) is 3.89. The van der Waals surface area contributed by atoms with Crippen molar-refractivity contribution >= 4 is 5.91 Å². The van der Waals surface area contributed by atoms with Crippen LogP contribution < -0.4 is 5.32 Å². The summed E-state index contributed by atoms with van der Waals surface area (Å²) >= 11 is 0. The van der Waals surface area contributed by atoms with Crippen LogP contribution in [0, 0.1) is 0 Å². The zero-order chi connectivity index (χ0) is 13.2. The first kappa shape index (κ1) is 13.1. The SMILES string of the molecule is CN(C(=O)CN1CCC2CCC(C1)N2)C1=CCCC1. The first-order valence-electron chi connectivity index (χ1n) is 7.66. The van der Waals surface area contributed by atoms with E-state index in [0.29, 0.717) is 18.6 Å². The highest BCUT2D eigenvalue weighted by atomic mass is 16.2. The molecule has 3 rings (SSSR count). The van der Waals surface area contributed by atoms with E-state index >= 15 is 0 Å². The first-order valence-corrected chi connectivity index (χ1v) is 7.66. The van der Waals surface area contributed by atoms with Gasteiger partial charge in [0.1, 0.15) is 0 Å². The van der Waals surface area contributed by atoms with E-state index < -0.39 is 0 Å². The summed E-state index contributed by atoms with van der Waals surface area (Å²) in [5, 5.41) is 3.66. The van der Waals surface area contributed by atoms with Crippen LogP contribution in [-0.4, -0.2) is 54.5 Å². The lowest BCUT2D eigenvalue weighted by Crippen LogP contribution is -2.42. The second-order valence-electron chi connectivity index (χ2n) is 6.20. The zero-order valence-corrected chi connectivity index (χ0v) is 11.9. The zero-order valence-electron chi connectivity index (χ0n) is 11.9. The second-order valence-corrected chi connectivity index (χ2v) is 6.20.